The van der Waals surface area contributed by atoms with E-state index < -0.39 is 5.97 Å². The zero-order valence-corrected chi connectivity index (χ0v) is 11.7. The van der Waals surface area contributed by atoms with Crippen molar-refractivity contribution in [1.82, 2.24) is 19.6 Å². The van der Waals surface area contributed by atoms with Gasteiger partial charge in [0.05, 0.1) is 12.3 Å². The number of ether oxygens (including phenoxy) is 1. The summed E-state index contributed by atoms with van der Waals surface area (Å²) in [6.45, 7) is 5.53. The number of hydrogen-bond donors (Lipinski definition) is 0. The highest BCUT2D eigenvalue weighted by atomic mass is 16.5. The predicted octanol–water partition coefficient (Wildman–Crippen LogP) is 0.609. The van der Waals surface area contributed by atoms with Crippen LogP contribution >= 0.6 is 0 Å². The van der Waals surface area contributed by atoms with Gasteiger partial charge in [-0.05, 0) is 32.9 Å². The van der Waals surface area contributed by atoms with Crippen molar-refractivity contribution in [2.24, 2.45) is 0 Å². The second-order valence-electron chi connectivity index (χ2n) is 4.33. The first-order valence-electron chi connectivity index (χ1n) is 6.28. The van der Waals surface area contributed by atoms with Gasteiger partial charge in [-0.3, -0.25) is 9.59 Å². The Balaban J connectivity index is 2.36. The van der Waals surface area contributed by atoms with E-state index in [4.69, 9.17) is 4.74 Å². The average Bonchev–Trinajstić information content (AvgIpc) is 2.71. The number of carbonyl (C=O) groups is 1. The zero-order valence-electron chi connectivity index (χ0n) is 11.7. The third kappa shape index (κ3) is 2.93. The van der Waals surface area contributed by atoms with Crippen LogP contribution in [-0.4, -0.2) is 32.1 Å². The second kappa shape index (κ2) is 5.68. The van der Waals surface area contributed by atoms with E-state index in [0.29, 0.717) is 5.82 Å². The highest BCUT2D eigenvalue weighted by Crippen LogP contribution is 2.07. The average molecular weight is 276 g/mol. The van der Waals surface area contributed by atoms with Gasteiger partial charge in [0, 0.05) is 11.8 Å². The Kier molecular flexibility index (Phi) is 3.97. The van der Waals surface area contributed by atoms with E-state index in [9.17, 15) is 9.59 Å². The van der Waals surface area contributed by atoms with Gasteiger partial charge < -0.3 is 4.74 Å². The number of aromatic nitrogens is 4. The van der Waals surface area contributed by atoms with Gasteiger partial charge in [-0.1, -0.05) is 0 Å². The Morgan fingerprint density at radius 2 is 2.05 bits per heavy atom. The smallest absolute Gasteiger partial charge is 0.327 e. The third-order valence-electron chi connectivity index (χ3n) is 2.66. The number of esters is 1. The minimum absolute atomic E-state index is 0.209. The van der Waals surface area contributed by atoms with Crippen molar-refractivity contribution in [1.29, 1.82) is 0 Å². The molecule has 0 aromatic carbocycles. The summed E-state index contributed by atoms with van der Waals surface area (Å²) in [6.07, 6.45) is 0. The maximum Gasteiger partial charge on any atom is 0.327 e. The van der Waals surface area contributed by atoms with E-state index in [1.165, 1.54) is 6.07 Å². The summed E-state index contributed by atoms with van der Waals surface area (Å²) in [5, 5.41) is 8.43. The zero-order chi connectivity index (χ0) is 14.7. The Morgan fingerprint density at radius 3 is 2.65 bits per heavy atom. The van der Waals surface area contributed by atoms with E-state index in [1.54, 1.807) is 17.7 Å². The van der Waals surface area contributed by atoms with Gasteiger partial charge in [-0.25, -0.2) is 9.36 Å². The quantitative estimate of drug-likeness (QED) is 0.764. The molecule has 20 heavy (non-hydrogen) atoms. The van der Waals surface area contributed by atoms with Crippen LogP contribution in [0.5, 0.6) is 0 Å². The predicted molar refractivity (Wildman–Crippen MR) is 71.7 cm³/mol. The standard InChI is InChI=1S/C13H16N4O3/c1-4-20-13(19)8-16-12(18)6-5-11(15-16)17-10(3)7-9(2)14-17/h5-7H,4,8H2,1-3H3. The molecule has 2 heterocycles. The summed E-state index contributed by atoms with van der Waals surface area (Å²) < 4.78 is 7.51. The number of carbonyl (C=O) groups excluding carboxylic acids is 1. The van der Waals surface area contributed by atoms with Crippen LogP contribution in [0.15, 0.2) is 23.0 Å². The van der Waals surface area contributed by atoms with Gasteiger partial charge in [0.15, 0.2) is 5.82 Å². The lowest BCUT2D eigenvalue weighted by molar-refractivity contribution is -0.144. The molecule has 106 valence electrons. The number of rotatable bonds is 4. The molecule has 0 spiro atoms. The molecule has 0 amide bonds. The normalized spacial score (nSPS) is 10.6. The van der Waals surface area contributed by atoms with Crippen molar-refractivity contribution in [3.05, 3.63) is 39.9 Å². The first kappa shape index (κ1) is 14.0. The Bertz CT molecular complexity index is 687. The lowest BCUT2D eigenvalue weighted by Crippen LogP contribution is -2.28. The Labute approximate surface area is 115 Å². The van der Waals surface area contributed by atoms with E-state index >= 15 is 0 Å². The van der Waals surface area contributed by atoms with Gasteiger partial charge in [-0.2, -0.15) is 5.10 Å². The van der Waals surface area contributed by atoms with Crippen LogP contribution in [0.3, 0.4) is 0 Å². The van der Waals surface area contributed by atoms with Crippen LogP contribution in [0.2, 0.25) is 0 Å². The fourth-order valence-corrected chi connectivity index (χ4v) is 1.85. The molecule has 0 unspecified atom stereocenters. The molecule has 7 nitrogen and oxygen atoms in total. The lowest BCUT2D eigenvalue weighted by Gasteiger charge is -2.07. The Morgan fingerprint density at radius 1 is 1.30 bits per heavy atom. The fraction of sp³-hybridized carbons (Fsp3) is 0.385. The fourth-order valence-electron chi connectivity index (χ4n) is 1.85. The molecule has 0 bridgehead atoms. The van der Waals surface area contributed by atoms with Crippen molar-refractivity contribution < 1.29 is 9.53 Å². The molecule has 2 aromatic rings. The highest BCUT2D eigenvalue weighted by molar-refractivity contribution is 5.68. The largest absolute Gasteiger partial charge is 0.465 e. The molecular weight excluding hydrogens is 260 g/mol. The molecule has 0 aliphatic rings. The lowest BCUT2D eigenvalue weighted by atomic mass is 10.4. The monoisotopic (exact) mass is 276 g/mol. The molecule has 0 fully saturated rings. The molecule has 0 saturated carbocycles. The molecule has 7 heteroatoms. The van der Waals surface area contributed by atoms with E-state index in [0.717, 1.165) is 16.1 Å². The van der Waals surface area contributed by atoms with Crippen molar-refractivity contribution in [3.63, 3.8) is 0 Å². The van der Waals surface area contributed by atoms with Gasteiger partial charge in [0.25, 0.3) is 5.56 Å². The van der Waals surface area contributed by atoms with Crippen LogP contribution in [0, 0.1) is 13.8 Å². The minimum Gasteiger partial charge on any atom is -0.465 e. The summed E-state index contributed by atoms with van der Waals surface area (Å²) in [7, 11) is 0. The molecule has 2 rings (SSSR count). The highest BCUT2D eigenvalue weighted by Gasteiger charge is 2.10. The summed E-state index contributed by atoms with van der Waals surface area (Å²) in [6, 6.07) is 4.84. The molecule has 0 aliphatic carbocycles. The van der Waals surface area contributed by atoms with E-state index in [-0.39, 0.29) is 18.7 Å². The van der Waals surface area contributed by atoms with Crippen LogP contribution < -0.4 is 5.56 Å². The maximum absolute atomic E-state index is 11.7. The van der Waals surface area contributed by atoms with E-state index in [2.05, 4.69) is 10.2 Å². The van der Waals surface area contributed by atoms with Crippen LogP contribution in [-0.2, 0) is 16.1 Å². The Hall–Kier alpha value is -2.44. The van der Waals surface area contributed by atoms with Crippen LogP contribution in [0.1, 0.15) is 18.3 Å². The minimum atomic E-state index is -0.493. The van der Waals surface area contributed by atoms with Crippen LogP contribution in [0.25, 0.3) is 5.82 Å². The first-order chi connectivity index (χ1) is 9.51. The number of nitrogens with zero attached hydrogens (tertiary/aromatic N) is 4. The second-order valence-corrected chi connectivity index (χ2v) is 4.33. The van der Waals surface area contributed by atoms with Gasteiger partial charge in [0.1, 0.15) is 6.54 Å². The summed E-state index contributed by atoms with van der Waals surface area (Å²) in [5.41, 5.74) is 1.40. The number of hydrogen-bond acceptors (Lipinski definition) is 5. The molecule has 0 aliphatic heterocycles. The van der Waals surface area contributed by atoms with Gasteiger partial charge in [-0.15, -0.1) is 5.10 Å². The third-order valence-corrected chi connectivity index (χ3v) is 2.66. The summed E-state index contributed by atoms with van der Waals surface area (Å²) in [5.74, 6) is -0.00730. The van der Waals surface area contributed by atoms with Crippen molar-refractivity contribution in [2.75, 3.05) is 6.61 Å². The molecule has 0 saturated heterocycles. The van der Waals surface area contributed by atoms with Crippen molar-refractivity contribution in [3.8, 4) is 5.82 Å². The van der Waals surface area contributed by atoms with Crippen molar-refractivity contribution in [2.45, 2.75) is 27.3 Å². The SMILES string of the molecule is CCOC(=O)Cn1nc(-n2nc(C)cc2C)ccc1=O. The van der Waals surface area contributed by atoms with Crippen LogP contribution in [0.4, 0.5) is 0 Å². The molecule has 0 atom stereocenters. The molecule has 0 N–H and O–H groups in total. The molecule has 0 radical (unpaired) electrons. The van der Waals surface area contributed by atoms with Crippen molar-refractivity contribution >= 4 is 5.97 Å². The first-order valence-corrected chi connectivity index (χ1v) is 6.28. The maximum atomic E-state index is 11.7. The molecule has 2 aromatic heterocycles. The molecular formula is C13H16N4O3. The van der Waals surface area contributed by atoms with E-state index in [1.807, 2.05) is 19.9 Å². The van der Waals surface area contributed by atoms with Gasteiger partial charge >= 0.3 is 5.97 Å². The summed E-state index contributed by atoms with van der Waals surface area (Å²) in [4.78, 5) is 23.1. The van der Waals surface area contributed by atoms with Gasteiger partial charge in [0.2, 0.25) is 0 Å². The number of aryl methyl sites for hydroxylation is 2. The summed E-state index contributed by atoms with van der Waals surface area (Å²) >= 11 is 0. The topological polar surface area (TPSA) is 79.0 Å².